The summed E-state index contributed by atoms with van der Waals surface area (Å²) in [6, 6.07) is 13.3. The fraction of sp³-hybridized carbons (Fsp3) is 0.292. The summed E-state index contributed by atoms with van der Waals surface area (Å²) in [5.41, 5.74) is 2.45. The maximum atomic E-state index is 13.3. The van der Waals surface area contributed by atoms with E-state index in [-0.39, 0.29) is 24.4 Å². The summed E-state index contributed by atoms with van der Waals surface area (Å²) < 4.78 is 21.6. The van der Waals surface area contributed by atoms with Crippen molar-refractivity contribution in [3.05, 3.63) is 65.1 Å². The molecule has 2 aromatic heterocycles. The van der Waals surface area contributed by atoms with Crippen LogP contribution in [0.2, 0.25) is 5.02 Å². The lowest BCUT2D eigenvalue weighted by molar-refractivity contribution is -0.123. The number of hydrogen-bond donors (Lipinski definition) is 1. The summed E-state index contributed by atoms with van der Waals surface area (Å²) in [5.74, 6) is 0.192. The number of carbonyl (C=O) groups is 1. The van der Waals surface area contributed by atoms with Gasteiger partial charge in [0, 0.05) is 24.2 Å². The highest BCUT2D eigenvalue weighted by Gasteiger charge is 2.24. The number of aromatic nitrogens is 3. The number of hydrogen-bond acceptors (Lipinski definition) is 6. The monoisotopic (exact) mass is 499 g/mol. The molecular weight excluding hydrogens is 477 g/mol. The van der Waals surface area contributed by atoms with Gasteiger partial charge in [-0.3, -0.25) is 4.79 Å². The number of carbonyl (C=O) groups excluding carboxylic acids is 1. The van der Waals surface area contributed by atoms with Gasteiger partial charge in [0.25, 0.3) is 5.91 Å². The molecule has 4 aromatic rings. The van der Waals surface area contributed by atoms with Gasteiger partial charge in [0.05, 0.1) is 16.1 Å². The van der Waals surface area contributed by atoms with E-state index in [4.69, 9.17) is 21.3 Å². The molecule has 1 aliphatic heterocycles. The van der Waals surface area contributed by atoms with E-state index in [0.29, 0.717) is 10.8 Å². The molecule has 10 heteroatoms. The van der Waals surface area contributed by atoms with Crippen molar-refractivity contribution in [2.75, 3.05) is 24.6 Å². The lowest BCUT2D eigenvalue weighted by atomic mass is 10.1. The minimum Gasteiger partial charge on any atom is -0.484 e. The fourth-order valence-electron chi connectivity index (χ4n) is 3.98. The van der Waals surface area contributed by atoms with Crippen LogP contribution in [0.15, 0.2) is 48.5 Å². The number of benzene rings is 2. The van der Waals surface area contributed by atoms with Crippen LogP contribution in [0.5, 0.6) is 5.75 Å². The second-order valence-corrected chi connectivity index (χ2v) is 9.61. The van der Waals surface area contributed by atoms with Crippen molar-refractivity contribution in [1.29, 1.82) is 0 Å². The van der Waals surface area contributed by atoms with E-state index < -0.39 is 0 Å². The topological polar surface area (TPSA) is 72.3 Å². The highest BCUT2D eigenvalue weighted by atomic mass is 35.5. The lowest BCUT2D eigenvalue weighted by Gasteiger charge is -2.32. The summed E-state index contributed by atoms with van der Waals surface area (Å²) in [6.07, 6.45) is 1.65. The number of piperidine rings is 1. The quantitative estimate of drug-likeness (QED) is 0.414. The molecule has 0 spiro atoms. The third-order valence-corrected chi connectivity index (χ3v) is 7.23. The van der Waals surface area contributed by atoms with Crippen LogP contribution in [0.25, 0.3) is 16.0 Å². The minimum absolute atomic E-state index is 0.0289. The third-order valence-electron chi connectivity index (χ3n) is 5.76. The summed E-state index contributed by atoms with van der Waals surface area (Å²) in [5, 5.41) is 9.20. The van der Waals surface area contributed by atoms with Crippen molar-refractivity contribution < 1.29 is 13.9 Å². The molecular formula is C24H23ClFN5O2S. The van der Waals surface area contributed by atoms with Crippen molar-refractivity contribution in [3.8, 4) is 11.4 Å². The normalized spacial score (nSPS) is 14.5. The van der Waals surface area contributed by atoms with Gasteiger partial charge < -0.3 is 15.0 Å². The third kappa shape index (κ3) is 4.85. The molecule has 1 fully saturated rings. The Morgan fingerprint density at radius 1 is 1.18 bits per heavy atom. The Morgan fingerprint density at radius 3 is 2.59 bits per heavy atom. The van der Waals surface area contributed by atoms with Crippen LogP contribution in [0, 0.1) is 12.7 Å². The number of thiazole rings is 1. The maximum absolute atomic E-state index is 13.3. The smallest absolute Gasteiger partial charge is 0.258 e. The first kappa shape index (κ1) is 22.6. The molecule has 0 radical (unpaired) electrons. The van der Waals surface area contributed by atoms with Crippen LogP contribution in [0.3, 0.4) is 0 Å². The van der Waals surface area contributed by atoms with Gasteiger partial charge in [0.15, 0.2) is 17.4 Å². The zero-order valence-electron chi connectivity index (χ0n) is 18.5. The molecule has 7 nitrogen and oxygen atoms in total. The number of rotatable bonds is 6. The van der Waals surface area contributed by atoms with Crippen LogP contribution >= 0.6 is 22.9 Å². The Bertz CT molecular complexity index is 1300. The van der Waals surface area contributed by atoms with Gasteiger partial charge in [-0.1, -0.05) is 22.9 Å². The van der Waals surface area contributed by atoms with Crippen LogP contribution in [-0.2, 0) is 4.79 Å². The number of fused-ring (bicyclic) bond motifs is 1. The van der Waals surface area contributed by atoms with Gasteiger partial charge in [-0.15, -0.1) is 0 Å². The van der Waals surface area contributed by atoms with Crippen LogP contribution in [-0.4, -0.2) is 46.4 Å². The van der Waals surface area contributed by atoms with Crippen molar-refractivity contribution in [2.24, 2.45) is 0 Å². The molecule has 5 rings (SSSR count). The lowest BCUT2D eigenvalue weighted by Crippen LogP contribution is -2.46. The molecule has 3 heterocycles. The first-order valence-corrected chi connectivity index (χ1v) is 12.2. The minimum atomic E-state index is -0.283. The van der Waals surface area contributed by atoms with Gasteiger partial charge in [0.1, 0.15) is 11.6 Å². The van der Waals surface area contributed by atoms with Crippen LogP contribution < -0.4 is 15.0 Å². The first-order chi connectivity index (χ1) is 16.5. The molecule has 2 aromatic carbocycles. The first-order valence-electron chi connectivity index (χ1n) is 11.0. The summed E-state index contributed by atoms with van der Waals surface area (Å²) >= 11 is 7.48. The molecule has 0 bridgehead atoms. The molecule has 1 amide bonds. The molecule has 176 valence electrons. The molecule has 0 saturated carbocycles. The molecule has 1 saturated heterocycles. The van der Waals surface area contributed by atoms with Gasteiger partial charge in [0.2, 0.25) is 0 Å². The standard InChI is InChI=1S/C24H23ClFN5O2S/c1-15-22-23(31(29-15)19-6-4-17(26)5-7-19)28-24(34-22)30-12-10-18(11-13-30)27-21(32)14-33-20-8-2-16(25)3-9-20/h2-9,18H,10-14H2,1H3,(H,27,32). The van der Waals surface area contributed by atoms with Gasteiger partial charge >= 0.3 is 0 Å². The number of halogens is 2. The average molecular weight is 500 g/mol. The Morgan fingerprint density at radius 2 is 1.88 bits per heavy atom. The number of ether oxygens (including phenoxy) is 1. The van der Waals surface area contributed by atoms with Gasteiger partial charge in [-0.25, -0.2) is 9.07 Å². The predicted molar refractivity (Wildman–Crippen MR) is 132 cm³/mol. The van der Waals surface area contributed by atoms with Crippen LogP contribution in [0.1, 0.15) is 18.5 Å². The number of nitrogens with one attached hydrogen (secondary N) is 1. The van der Waals surface area contributed by atoms with Crippen molar-refractivity contribution in [3.63, 3.8) is 0 Å². The van der Waals surface area contributed by atoms with E-state index in [0.717, 1.165) is 52.8 Å². The second-order valence-electron chi connectivity index (χ2n) is 8.19. The Labute approximate surface area is 205 Å². The SMILES string of the molecule is Cc1nn(-c2ccc(F)cc2)c2nc(N3CCC(NC(=O)COc4ccc(Cl)cc4)CC3)sc12. The zero-order chi connectivity index (χ0) is 23.7. The van der Waals surface area contributed by atoms with Crippen molar-refractivity contribution >= 4 is 44.3 Å². The Balaban J connectivity index is 1.19. The zero-order valence-corrected chi connectivity index (χ0v) is 20.1. The Kier molecular flexibility index (Phi) is 6.38. The summed E-state index contributed by atoms with van der Waals surface area (Å²) in [6.45, 7) is 3.52. The largest absolute Gasteiger partial charge is 0.484 e. The molecule has 0 aliphatic carbocycles. The number of nitrogens with zero attached hydrogens (tertiary/aromatic N) is 4. The van der Waals surface area contributed by atoms with E-state index in [1.54, 1.807) is 52.4 Å². The molecule has 34 heavy (non-hydrogen) atoms. The average Bonchev–Trinajstić information content (AvgIpc) is 3.40. The fourth-order valence-corrected chi connectivity index (χ4v) is 5.15. The predicted octanol–water partition coefficient (Wildman–Crippen LogP) is 4.75. The Hall–Kier alpha value is -3.17. The van der Waals surface area contributed by atoms with E-state index in [1.807, 2.05) is 6.92 Å². The molecule has 1 N–H and O–H groups in total. The molecule has 0 atom stereocenters. The second kappa shape index (κ2) is 9.60. The highest BCUT2D eigenvalue weighted by molar-refractivity contribution is 7.22. The molecule has 0 unspecified atom stereocenters. The van der Waals surface area contributed by atoms with E-state index in [9.17, 15) is 9.18 Å². The van der Waals surface area contributed by atoms with Gasteiger partial charge in [-0.05, 0) is 68.3 Å². The maximum Gasteiger partial charge on any atom is 0.258 e. The number of aryl methyl sites for hydroxylation is 1. The van der Waals surface area contributed by atoms with E-state index >= 15 is 0 Å². The van der Waals surface area contributed by atoms with E-state index in [1.165, 1.54) is 12.1 Å². The summed E-state index contributed by atoms with van der Waals surface area (Å²) in [4.78, 5) is 19.4. The summed E-state index contributed by atoms with van der Waals surface area (Å²) in [7, 11) is 0. The molecule has 1 aliphatic rings. The number of anilines is 1. The number of amides is 1. The van der Waals surface area contributed by atoms with Crippen molar-refractivity contribution in [2.45, 2.75) is 25.8 Å². The van der Waals surface area contributed by atoms with E-state index in [2.05, 4.69) is 15.3 Å². The van der Waals surface area contributed by atoms with Crippen LogP contribution in [0.4, 0.5) is 9.52 Å². The van der Waals surface area contributed by atoms with Gasteiger partial charge in [-0.2, -0.15) is 10.1 Å². The van der Waals surface area contributed by atoms with Crippen molar-refractivity contribution in [1.82, 2.24) is 20.1 Å². The highest BCUT2D eigenvalue weighted by Crippen LogP contribution is 2.33.